The van der Waals surface area contributed by atoms with Crippen LogP contribution in [0.15, 0.2) is 42.5 Å². The van der Waals surface area contributed by atoms with Gasteiger partial charge in [-0.25, -0.2) is 0 Å². The molecule has 26 heavy (non-hydrogen) atoms. The van der Waals surface area contributed by atoms with Crippen LogP contribution in [0.2, 0.25) is 0 Å². The Hall–Kier alpha value is -2.49. The second-order valence-electron chi connectivity index (χ2n) is 6.79. The van der Waals surface area contributed by atoms with Crippen molar-refractivity contribution in [3.05, 3.63) is 59.2 Å². The van der Waals surface area contributed by atoms with E-state index >= 15 is 0 Å². The fourth-order valence-electron chi connectivity index (χ4n) is 2.67. The molecule has 0 aliphatic rings. The maximum atomic E-state index is 12.3. The number of rotatable bonds is 8. The molecule has 0 saturated carbocycles. The second-order valence-corrected chi connectivity index (χ2v) is 6.79. The van der Waals surface area contributed by atoms with E-state index in [0.29, 0.717) is 19.1 Å². The van der Waals surface area contributed by atoms with Gasteiger partial charge in [0.2, 0.25) is 0 Å². The number of aryl methyl sites for hydroxylation is 1. The van der Waals surface area contributed by atoms with Crippen LogP contribution >= 0.6 is 0 Å². The molecule has 1 N–H and O–H groups in total. The van der Waals surface area contributed by atoms with Gasteiger partial charge in [0.05, 0.1) is 6.54 Å². The molecule has 4 heteroatoms. The first-order valence-electron chi connectivity index (χ1n) is 9.12. The van der Waals surface area contributed by atoms with Crippen molar-refractivity contribution < 1.29 is 14.3 Å². The van der Waals surface area contributed by atoms with Crippen molar-refractivity contribution in [1.82, 2.24) is 5.32 Å². The van der Waals surface area contributed by atoms with Crippen LogP contribution in [-0.2, 0) is 4.79 Å². The van der Waals surface area contributed by atoms with Crippen molar-refractivity contribution in [2.75, 3.05) is 13.2 Å². The predicted molar refractivity (Wildman–Crippen MR) is 105 cm³/mol. The monoisotopic (exact) mass is 355 g/mol. The molecule has 4 nitrogen and oxygen atoms in total. The number of hydrogen-bond donors (Lipinski definition) is 1. The molecule has 2 aromatic rings. The fraction of sp³-hybridized carbons (Fsp3) is 0.409. The van der Waals surface area contributed by atoms with E-state index in [1.807, 2.05) is 43.3 Å². The fourth-order valence-corrected chi connectivity index (χ4v) is 2.67. The van der Waals surface area contributed by atoms with Gasteiger partial charge in [-0.3, -0.25) is 4.79 Å². The van der Waals surface area contributed by atoms with E-state index in [1.54, 1.807) is 6.92 Å². The summed E-state index contributed by atoms with van der Waals surface area (Å²) < 4.78 is 11.6. The molecule has 1 amide bonds. The first kappa shape index (κ1) is 19.8. The quantitative estimate of drug-likeness (QED) is 0.715. The molecule has 140 valence electrons. The van der Waals surface area contributed by atoms with Gasteiger partial charge in [0.15, 0.2) is 6.10 Å². The summed E-state index contributed by atoms with van der Waals surface area (Å²) in [5.74, 6) is 1.81. The zero-order valence-electron chi connectivity index (χ0n) is 16.3. The van der Waals surface area contributed by atoms with Gasteiger partial charge in [-0.2, -0.15) is 0 Å². The molecular formula is C22H29NO3. The van der Waals surface area contributed by atoms with Crippen LogP contribution in [0.25, 0.3) is 0 Å². The van der Waals surface area contributed by atoms with Crippen LogP contribution in [0, 0.1) is 13.8 Å². The van der Waals surface area contributed by atoms with Crippen molar-refractivity contribution in [3.8, 4) is 11.5 Å². The summed E-state index contributed by atoms with van der Waals surface area (Å²) in [4.78, 5) is 12.3. The number of ether oxygens (including phenoxy) is 2. The number of benzene rings is 2. The van der Waals surface area contributed by atoms with Crippen LogP contribution in [0.1, 0.15) is 43.4 Å². The van der Waals surface area contributed by atoms with E-state index in [0.717, 1.165) is 22.6 Å². The highest BCUT2D eigenvalue weighted by Crippen LogP contribution is 2.26. The first-order valence-corrected chi connectivity index (χ1v) is 9.12. The third-order valence-corrected chi connectivity index (χ3v) is 4.43. The summed E-state index contributed by atoms with van der Waals surface area (Å²) in [6, 6.07) is 13.8. The smallest absolute Gasteiger partial charge is 0.260 e. The predicted octanol–water partition coefficient (Wildman–Crippen LogP) is 4.39. The molecule has 2 aromatic carbocycles. The zero-order chi connectivity index (χ0) is 19.1. The number of para-hydroxylation sites is 1. The van der Waals surface area contributed by atoms with Gasteiger partial charge >= 0.3 is 0 Å². The van der Waals surface area contributed by atoms with E-state index in [9.17, 15) is 4.79 Å². The molecule has 0 saturated heterocycles. The molecule has 0 fully saturated rings. The molecule has 0 unspecified atom stereocenters. The third-order valence-electron chi connectivity index (χ3n) is 4.43. The van der Waals surface area contributed by atoms with Gasteiger partial charge < -0.3 is 14.8 Å². The highest BCUT2D eigenvalue weighted by Gasteiger charge is 2.16. The minimum absolute atomic E-state index is 0.145. The normalized spacial score (nSPS) is 11.9. The second kappa shape index (κ2) is 9.27. The maximum Gasteiger partial charge on any atom is 0.260 e. The lowest BCUT2D eigenvalue weighted by atomic mass is 10.0. The Morgan fingerprint density at radius 3 is 2.42 bits per heavy atom. The summed E-state index contributed by atoms with van der Waals surface area (Å²) >= 11 is 0. The standard InChI is InChI=1S/C22H29NO3/c1-15(2)19-10-6-7-11-21(19)26-18(5)22(24)23-13-14-25-20-12-8-9-16(3)17(20)4/h6-12,15,18H,13-14H2,1-5H3,(H,23,24)/t18-/m1/s1. The van der Waals surface area contributed by atoms with Crippen molar-refractivity contribution in [3.63, 3.8) is 0 Å². The van der Waals surface area contributed by atoms with Crippen molar-refractivity contribution >= 4 is 5.91 Å². The van der Waals surface area contributed by atoms with Gasteiger partial charge in [-0.05, 0) is 55.5 Å². The molecule has 0 bridgehead atoms. The van der Waals surface area contributed by atoms with E-state index in [2.05, 4.69) is 32.2 Å². The Kier molecular flexibility index (Phi) is 7.07. The number of carbonyl (C=O) groups is 1. The molecule has 0 aromatic heterocycles. The topological polar surface area (TPSA) is 47.6 Å². The van der Waals surface area contributed by atoms with E-state index in [1.165, 1.54) is 5.56 Å². The molecule has 0 aliphatic carbocycles. The Balaban J connectivity index is 1.82. The van der Waals surface area contributed by atoms with Gasteiger partial charge in [-0.15, -0.1) is 0 Å². The van der Waals surface area contributed by atoms with E-state index in [-0.39, 0.29) is 5.91 Å². The minimum Gasteiger partial charge on any atom is -0.491 e. The van der Waals surface area contributed by atoms with Gasteiger partial charge in [0.25, 0.3) is 5.91 Å². The number of carbonyl (C=O) groups excluding carboxylic acids is 1. The molecule has 1 atom stereocenters. The Morgan fingerprint density at radius 1 is 1.00 bits per heavy atom. The average molecular weight is 355 g/mol. The molecule has 0 aliphatic heterocycles. The summed E-state index contributed by atoms with van der Waals surface area (Å²) in [7, 11) is 0. The number of amides is 1. The molecule has 0 radical (unpaired) electrons. The lowest BCUT2D eigenvalue weighted by Crippen LogP contribution is -2.38. The summed E-state index contributed by atoms with van der Waals surface area (Å²) in [5, 5.41) is 2.87. The Morgan fingerprint density at radius 2 is 1.69 bits per heavy atom. The Bertz CT molecular complexity index is 740. The van der Waals surface area contributed by atoms with Crippen molar-refractivity contribution in [2.24, 2.45) is 0 Å². The van der Waals surface area contributed by atoms with Gasteiger partial charge in [0.1, 0.15) is 18.1 Å². The summed E-state index contributed by atoms with van der Waals surface area (Å²) in [6.07, 6.45) is -0.560. The molecule has 2 rings (SSSR count). The third kappa shape index (κ3) is 5.25. The highest BCUT2D eigenvalue weighted by molar-refractivity contribution is 5.80. The SMILES string of the molecule is Cc1cccc(OCCNC(=O)[C@@H](C)Oc2ccccc2C(C)C)c1C. The molecule has 0 spiro atoms. The van der Waals surface area contributed by atoms with E-state index in [4.69, 9.17) is 9.47 Å². The summed E-state index contributed by atoms with van der Waals surface area (Å²) in [5.41, 5.74) is 3.42. The van der Waals surface area contributed by atoms with Crippen LogP contribution in [0.4, 0.5) is 0 Å². The molecule has 0 heterocycles. The van der Waals surface area contributed by atoms with Crippen LogP contribution in [0.5, 0.6) is 11.5 Å². The molecular weight excluding hydrogens is 326 g/mol. The van der Waals surface area contributed by atoms with Crippen LogP contribution in [-0.4, -0.2) is 25.2 Å². The van der Waals surface area contributed by atoms with Gasteiger partial charge in [-0.1, -0.05) is 44.2 Å². The van der Waals surface area contributed by atoms with E-state index < -0.39 is 6.10 Å². The lowest BCUT2D eigenvalue weighted by Gasteiger charge is -2.19. The maximum absolute atomic E-state index is 12.3. The largest absolute Gasteiger partial charge is 0.491 e. The van der Waals surface area contributed by atoms with Gasteiger partial charge in [0, 0.05) is 0 Å². The lowest BCUT2D eigenvalue weighted by molar-refractivity contribution is -0.127. The number of nitrogens with one attached hydrogen (secondary N) is 1. The highest BCUT2D eigenvalue weighted by atomic mass is 16.5. The summed E-state index contributed by atoms with van der Waals surface area (Å²) in [6.45, 7) is 10.9. The minimum atomic E-state index is -0.560. The zero-order valence-corrected chi connectivity index (χ0v) is 16.3. The first-order chi connectivity index (χ1) is 12.4. The Labute approximate surface area is 156 Å². The van der Waals surface area contributed by atoms with Crippen LogP contribution in [0.3, 0.4) is 0 Å². The number of hydrogen-bond acceptors (Lipinski definition) is 3. The van der Waals surface area contributed by atoms with Crippen molar-refractivity contribution in [2.45, 2.75) is 46.6 Å². The van der Waals surface area contributed by atoms with Crippen LogP contribution < -0.4 is 14.8 Å². The van der Waals surface area contributed by atoms with Crippen molar-refractivity contribution in [1.29, 1.82) is 0 Å². The average Bonchev–Trinajstić information content (AvgIpc) is 2.62.